The predicted octanol–water partition coefficient (Wildman–Crippen LogP) is 2.36. The van der Waals surface area contributed by atoms with E-state index in [0.29, 0.717) is 28.0 Å². The Morgan fingerprint density at radius 3 is 2.83 bits per heavy atom. The standard InChI is InChI=1S/C15H17ClN2O4S2/c1-3-14(19)17-15-18(9-4-5-12(22-2)10(16)6-9)11-7-24(20,21)8-13(11)23-15/h4-6,11,13H,3,7-8H2,1-2H3/t11-,13-/m0/s1. The normalized spacial score (nSPS) is 26.6. The lowest BCUT2D eigenvalue weighted by atomic mass is 10.2. The summed E-state index contributed by atoms with van der Waals surface area (Å²) in [6, 6.07) is 4.98. The Hall–Kier alpha value is -1.25. The number of carbonyl (C=O) groups is 1. The van der Waals surface area contributed by atoms with Crippen molar-refractivity contribution in [2.45, 2.75) is 24.6 Å². The Bertz CT molecular complexity index is 810. The first kappa shape index (κ1) is 17.6. The fourth-order valence-corrected chi connectivity index (χ4v) is 7.04. The van der Waals surface area contributed by atoms with Gasteiger partial charge in [0.25, 0.3) is 0 Å². The number of fused-ring (bicyclic) bond motifs is 1. The van der Waals surface area contributed by atoms with Crippen LogP contribution in [-0.2, 0) is 14.6 Å². The number of amidine groups is 1. The third kappa shape index (κ3) is 3.27. The van der Waals surface area contributed by atoms with Crippen molar-refractivity contribution in [2.24, 2.45) is 4.99 Å². The Balaban J connectivity index is 2.03. The molecule has 2 saturated heterocycles. The summed E-state index contributed by atoms with van der Waals surface area (Å²) in [6.45, 7) is 1.74. The molecule has 2 heterocycles. The molecule has 2 fully saturated rings. The van der Waals surface area contributed by atoms with Gasteiger partial charge in [0.1, 0.15) is 5.75 Å². The molecule has 6 nitrogen and oxygen atoms in total. The molecule has 0 N–H and O–H groups in total. The number of benzene rings is 1. The first-order valence-corrected chi connectivity index (χ1v) is 10.5. The number of carbonyl (C=O) groups excluding carboxylic acids is 1. The second-order valence-corrected chi connectivity index (χ2v) is 9.40. The van der Waals surface area contributed by atoms with E-state index in [0.717, 1.165) is 0 Å². The molecule has 24 heavy (non-hydrogen) atoms. The predicted molar refractivity (Wildman–Crippen MR) is 97.0 cm³/mol. The highest BCUT2D eigenvalue weighted by Crippen LogP contribution is 2.42. The highest BCUT2D eigenvalue weighted by molar-refractivity contribution is 8.16. The van der Waals surface area contributed by atoms with E-state index < -0.39 is 9.84 Å². The summed E-state index contributed by atoms with van der Waals surface area (Å²) in [5.74, 6) is 0.450. The number of hydrogen-bond donors (Lipinski definition) is 0. The topological polar surface area (TPSA) is 76.0 Å². The van der Waals surface area contributed by atoms with E-state index in [1.165, 1.54) is 18.9 Å². The van der Waals surface area contributed by atoms with Crippen LogP contribution in [0.3, 0.4) is 0 Å². The summed E-state index contributed by atoms with van der Waals surface area (Å²) in [5, 5.41) is 0.831. The lowest BCUT2D eigenvalue weighted by molar-refractivity contribution is -0.117. The van der Waals surface area contributed by atoms with Crippen molar-refractivity contribution in [3.05, 3.63) is 23.2 Å². The SMILES string of the molecule is CCC(=O)N=C1S[C@H]2CS(=O)(=O)C[C@@H]2N1c1ccc(OC)c(Cl)c1. The van der Waals surface area contributed by atoms with Crippen molar-refractivity contribution in [3.63, 3.8) is 0 Å². The maximum Gasteiger partial charge on any atom is 0.247 e. The molecule has 3 rings (SSSR count). The molecule has 9 heteroatoms. The summed E-state index contributed by atoms with van der Waals surface area (Å²) in [5.41, 5.74) is 0.709. The molecule has 2 aliphatic heterocycles. The van der Waals surface area contributed by atoms with Crippen molar-refractivity contribution in [2.75, 3.05) is 23.5 Å². The Kier molecular flexibility index (Phi) is 4.81. The van der Waals surface area contributed by atoms with Crippen LogP contribution in [0.15, 0.2) is 23.2 Å². The number of anilines is 1. The van der Waals surface area contributed by atoms with Crippen LogP contribution in [0.2, 0.25) is 5.02 Å². The number of hydrogen-bond acceptors (Lipinski definition) is 5. The summed E-state index contributed by atoms with van der Waals surface area (Å²) < 4.78 is 29.1. The quantitative estimate of drug-likeness (QED) is 0.791. The van der Waals surface area contributed by atoms with Gasteiger partial charge in [0.15, 0.2) is 15.0 Å². The van der Waals surface area contributed by atoms with E-state index in [9.17, 15) is 13.2 Å². The fourth-order valence-electron chi connectivity index (χ4n) is 2.86. The first-order chi connectivity index (χ1) is 11.3. The van der Waals surface area contributed by atoms with Crippen LogP contribution in [0.1, 0.15) is 13.3 Å². The second kappa shape index (κ2) is 6.57. The smallest absolute Gasteiger partial charge is 0.247 e. The number of ether oxygens (including phenoxy) is 1. The van der Waals surface area contributed by atoms with E-state index in [2.05, 4.69) is 4.99 Å². The van der Waals surface area contributed by atoms with Gasteiger partial charge in [-0.05, 0) is 18.2 Å². The number of sulfone groups is 1. The van der Waals surface area contributed by atoms with Gasteiger partial charge in [-0.3, -0.25) is 4.79 Å². The minimum absolute atomic E-state index is 0.0493. The van der Waals surface area contributed by atoms with Gasteiger partial charge in [-0.15, -0.1) is 0 Å². The van der Waals surface area contributed by atoms with Crippen LogP contribution >= 0.6 is 23.4 Å². The molecule has 2 atom stereocenters. The van der Waals surface area contributed by atoms with Crippen LogP contribution in [0.25, 0.3) is 0 Å². The number of rotatable bonds is 3. The molecule has 0 unspecified atom stereocenters. The third-order valence-corrected chi connectivity index (χ3v) is 7.51. The van der Waals surface area contributed by atoms with Gasteiger partial charge in [0.05, 0.1) is 29.7 Å². The fraction of sp³-hybridized carbons (Fsp3) is 0.467. The van der Waals surface area contributed by atoms with E-state index in [-0.39, 0.29) is 28.7 Å². The van der Waals surface area contributed by atoms with Crippen LogP contribution in [0.5, 0.6) is 5.75 Å². The lowest BCUT2D eigenvalue weighted by Crippen LogP contribution is -2.37. The molecule has 0 aliphatic carbocycles. The van der Waals surface area contributed by atoms with Gasteiger partial charge in [0, 0.05) is 17.4 Å². The molecule has 1 aromatic carbocycles. The summed E-state index contributed by atoms with van der Waals surface area (Å²) in [7, 11) is -1.56. The van der Waals surface area contributed by atoms with Crippen LogP contribution in [-0.4, -0.2) is 49.4 Å². The number of nitrogens with zero attached hydrogens (tertiary/aromatic N) is 2. The van der Waals surface area contributed by atoms with Gasteiger partial charge >= 0.3 is 0 Å². The number of amides is 1. The van der Waals surface area contributed by atoms with Gasteiger partial charge in [0.2, 0.25) is 5.91 Å². The van der Waals surface area contributed by atoms with Crippen LogP contribution < -0.4 is 9.64 Å². The number of aliphatic imine (C=N–C) groups is 1. The molecule has 1 aromatic rings. The zero-order chi connectivity index (χ0) is 17.5. The zero-order valence-corrected chi connectivity index (χ0v) is 15.6. The molecule has 2 aliphatic rings. The summed E-state index contributed by atoms with van der Waals surface area (Å²) >= 11 is 7.55. The Morgan fingerprint density at radius 1 is 1.46 bits per heavy atom. The molecular formula is C15H17ClN2O4S2. The molecule has 1 amide bonds. The minimum atomic E-state index is -3.09. The van der Waals surface area contributed by atoms with Crippen molar-refractivity contribution < 1.29 is 17.9 Å². The van der Waals surface area contributed by atoms with Crippen molar-refractivity contribution in [3.8, 4) is 5.75 Å². The molecule has 0 spiro atoms. The monoisotopic (exact) mass is 388 g/mol. The minimum Gasteiger partial charge on any atom is -0.495 e. The molecule has 0 saturated carbocycles. The van der Waals surface area contributed by atoms with Crippen molar-refractivity contribution in [1.82, 2.24) is 0 Å². The van der Waals surface area contributed by atoms with E-state index in [4.69, 9.17) is 16.3 Å². The number of halogens is 1. The third-order valence-electron chi connectivity index (χ3n) is 4.00. The highest BCUT2D eigenvalue weighted by Gasteiger charge is 2.49. The second-order valence-electron chi connectivity index (χ2n) is 5.63. The van der Waals surface area contributed by atoms with Gasteiger partial charge in [-0.2, -0.15) is 4.99 Å². The largest absolute Gasteiger partial charge is 0.495 e. The lowest BCUT2D eigenvalue weighted by Gasteiger charge is -2.25. The average Bonchev–Trinajstić information content (AvgIpc) is 2.97. The van der Waals surface area contributed by atoms with Crippen molar-refractivity contribution in [1.29, 1.82) is 0 Å². The van der Waals surface area contributed by atoms with Crippen molar-refractivity contribution >= 4 is 50.0 Å². The Labute approximate surface area is 150 Å². The van der Waals surface area contributed by atoms with Gasteiger partial charge < -0.3 is 9.64 Å². The first-order valence-electron chi connectivity index (χ1n) is 7.46. The molecular weight excluding hydrogens is 372 g/mol. The average molecular weight is 389 g/mol. The number of methoxy groups -OCH3 is 1. The van der Waals surface area contributed by atoms with Crippen LogP contribution in [0.4, 0.5) is 5.69 Å². The summed E-state index contributed by atoms with van der Waals surface area (Å²) in [6.07, 6.45) is 0.300. The summed E-state index contributed by atoms with van der Waals surface area (Å²) in [4.78, 5) is 17.7. The van der Waals surface area contributed by atoms with Gasteiger partial charge in [-0.1, -0.05) is 30.3 Å². The molecule has 130 valence electrons. The van der Waals surface area contributed by atoms with E-state index in [1.807, 2.05) is 4.90 Å². The zero-order valence-electron chi connectivity index (χ0n) is 13.2. The van der Waals surface area contributed by atoms with Crippen LogP contribution in [0, 0.1) is 0 Å². The number of thioether (sulfide) groups is 1. The van der Waals surface area contributed by atoms with E-state index in [1.54, 1.807) is 25.1 Å². The highest BCUT2D eigenvalue weighted by atomic mass is 35.5. The maximum atomic E-state index is 12.0. The Morgan fingerprint density at radius 2 is 2.21 bits per heavy atom. The molecule has 0 radical (unpaired) electrons. The molecule has 0 bridgehead atoms. The van der Waals surface area contributed by atoms with E-state index >= 15 is 0 Å². The van der Waals surface area contributed by atoms with Gasteiger partial charge in [-0.25, -0.2) is 8.42 Å². The molecule has 0 aromatic heterocycles. The maximum absolute atomic E-state index is 12.0.